The predicted molar refractivity (Wildman–Crippen MR) is 93.7 cm³/mol. The van der Waals surface area contributed by atoms with Gasteiger partial charge in [-0.25, -0.2) is 4.63 Å². The van der Waals surface area contributed by atoms with Gasteiger partial charge in [0.2, 0.25) is 0 Å². The zero-order valence-corrected chi connectivity index (χ0v) is 14.6. The molecule has 1 atom stereocenters. The molecule has 2 N–H and O–H groups in total. The Labute approximate surface area is 147 Å². The van der Waals surface area contributed by atoms with E-state index in [1.807, 2.05) is 26.0 Å². The van der Waals surface area contributed by atoms with Crippen LogP contribution < -0.4 is 10.9 Å². The first-order chi connectivity index (χ1) is 12.4. The highest BCUT2D eigenvalue weighted by atomic mass is 16.6. The van der Waals surface area contributed by atoms with Crippen molar-refractivity contribution in [1.82, 2.24) is 20.1 Å². The summed E-state index contributed by atoms with van der Waals surface area (Å²) in [4.78, 5) is 25.8. The fourth-order valence-corrected chi connectivity index (χ4v) is 4.11. The average Bonchev–Trinajstić information content (AvgIpc) is 3.22. The number of Topliss-reactive ketones (excluding diaryl/α,β-unsaturated/α-hetero) is 1. The third-order valence-corrected chi connectivity index (χ3v) is 5.37. The van der Waals surface area contributed by atoms with Crippen molar-refractivity contribution >= 4 is 22.6 Å². The van der Waals surface area contributed by atoms with Gasteiger partial charge in [0.05, 0.1) is 5.56 Å². The summed E-state index contributed by atoms with van der Waals surface area (Å²) in [5.74, 6) is 0.321. The number of carbonyl (C=O) groups excluding carboxylic acids is 1. The molecule has 0 saturated heterocycles. The molecular formula is C18H17N5O3. The Morgan fingerprint density at radius 1 is 1.23 bits per heavy atom. The van der Waals surface area contributed by atoms with Crippen molar-refractivity contribution in [3.05, 3.63) is 50.9 Å². The molecule has 3 aromatic rings. The molecular weight excluding hydrogens is 334 g/mol. The first-order valence-corrected chi connectivity index (χ1v) is 8.43. The number of allylic oxidation sites excluding steroid dienone is 2. The highest BCUT2D eigenvalue weighted by Crippen LogP contribution is 2.50. The molecule has 0 fully saturated rings. The minimum absolute atomic E-state index is 0.0669. The van der Waals surface area contributed by atoms with E-state index in [4.69, 9.17) is 4.63 Å². The summed E-state index contributed by atoms with van der Waals surface area (Å²) in [5, 5.41) is 13.8. The van der Waals surface area contributed by atoms with Gasteiger partial charge in [0.25, 0.3) is 5.56 Å². The van der Waals surface area contributed by atoms with Crippen LogP contribution in [0.2, 0.25) is 0 Å². The Bertz CT molecular complexity index is 1180. The lowest BCUT2D eigenvalue weighted by molar-refractivity contribution is -0.122. The number of anilines is 1. The van der Waals surface area contributed by atoms with E-state index in [0.29, 0.717) is 34.4 Å². The number of hydrogen-bond acceptors (Lipinski definition) is 6. The van der Waals surface area contributed by atoms with Crippen LogP contribution >= 0.6 is 0 Å². The molecule has 1 aromatic carbocycles. The second-order valence-corrected chi connectivity index (χ2v) is 7.61. The van der Waals surface area contributed by atoms with E-state index in [1.165, 1.54) is 0 Å². The van der Waals surface area contributed by atoms with Crippen molar-refractivity contribution in [2.24, 2.45) is 12.5 Å². The number of rotatable bonds is 1. The second kappa shape index (κ2) is 4.72. The van der Waals surface area contributed by atoms with Crippen LogP contribution in [0.5, 0.6) is 0 Å². The topological polar surface area (TPSA) is 106 Å². The molecule has 2 aliphatic rings. The van der Waals surface area contributed by atoms with Gasteiger partial charge < -0.3 is 5.32 Å². The molecule has 1 aliphatic carbocycles. The number of fused-ring (bicyclic) bond motifs is 2. The number of nitrogens with zero attached hydrogens (tertiary/aromatic N) is 3. The predicted octanol–water partition coefficient (Wildman–Crippen LogP) is 2.06. The van der Waals surface area contributed by atoms with Crippen molar-refractivity contribution in [3.63, 3.8) is 0 Å². The van der Waals surface area contributed by atoms with Crippen LogP contribution in [-0.4, -0.2) is 25.9 Å². The second-order valence-electron chi connectivity index (χ2n) is 7.61. The average molecular weight is 351 g/mol. The molecule has 5 rings (SSSR count). The lowest BCUT2D eigenvalue weighted by Gasteiger charge is -2.25. The van der Waals surface area contributed by atoms with Crippen LogP contribution in [-0.2, 0) is 11.8 Å². The van der Waals surface area contributed by atoms with Crippen molar-refractivity contribution in [2.45, 2.75) is 26.2 Å². The fraction of sp³-hybridized carbons (Fsp3) is 0.333. The van der Waals surface area contributed by atoms with Gasteiger partial charge in [-0.3, -0.25) is 19.4 Å². The third kappa shape index (κ3) is 1.84. The quantitative estimate of drug-likeness (QED) is 0.695. The Balaban J connectivity index is 1.79. The van der Waals surface area contributed by atoms with Crippen LogP contribution in [0.1, 0.15) is 37.3 Å². The maximum Gasteiger partial charge on any atom is 0.270 e. The fourth-order valence-electron chi connectivity index (χ4n) is 4.11. The van der Waals surface area contributed by atoms with Crippen LogP contribution in [0, 0.1) is 5.41 Å². The van der Waals surface area contributed by atoms with Gasteiger partial charge >= 0.3 is 0 Å². The lowest BCUT2D eigenvalue weighted by atomic mass is 9.79. The Kier molecular flexibility index (Phi) is 2.74. The highest BCUT2D eigenvalue weighted by Gasteiger charge is 2.47. The van der Waals surface area contributed by atoms with Gasteiger partial charge in [0.15, 0.2) is 5.78 Å². The largest absolute Gasteiger partial charge is 0.343 e. The molecule has 26 heavy (non-hydrogen) atoms. The molecule has 0 saturated carbocycles. The Hall–Kier alpha value is -3.16. The van der Waals surface area contributed by atoms with Crippen LogP contribution in [0.3, 0.4) is 0 Å². The Morgan fingerprint density at radius 2 is 2.00 bits per heavy atom. The zero-order chi connectivity index (χ0) is 18.2. The van der Waals surface area contributed by atoms with Gasteiger partial charge in [-0.15, -0.1) is 0 Å². The molecule has 8 nitrogen and oxygen atoms in total. The van der Waals surface area contributed by atoms with E-state index in [2.05, 4.69) is 20.7 Å². The number of hydrogen-bond donors (Lipinski definition) is 2. The number of aromatic amines is 1. The minimum atomic E-state index is -0.496. The van der Waals surface area contributed by atoms with E-state index >= 15 is 0 Å². The molecule has 0 radical (unpaired) electrons. The summed E-state index contributed by atoms with van der Waals surface area (Å²) < 4.78 is 6.45. The van der Waals surface area contributed by atoms with Crippen molar-refractivity contribution in [3.8, 4) is 0 Å². The normalized spacial score (nSPS) is 21.0. The van der Waals surface area contributed by atoms with E-state index in [1.54, 1.807) is 17.8 Å². The molecule has 0 spiro atoms. The molecule has 3 heterocycles. The standard InChI is InChI=1S/C18H17N5O3/c1-18(2)7-11-13(15(18)24)12(14-16(19-11)23(3)20-17(14)25)8-4-5-9-10(6-8)22-26-21-9/h4-6,12,19H,7H2,1-3H3,(H,20,25). The maximum atomic E-state index is 13.1. The van der Waals surface area contributed by atoms with E-state index in [-0.39, 0.29) is 11.3 Å². The SMILES string of the molecule is Cn1[nH]c(=O)c2c1NC1=C(C(=O)C(C)(C)C1)C2c1ccc2nonc2c1. The third-order valence-electron chi connectivity index (χ3n) is 5.37. The van der Waals surface area contributed by atoms with Crippen LogP contribution in [0.4, 0.5) is 5.82 Å². The smallest absolute Gasteiger partial charge is 0.270 e. The summed E-state index contributed by atoms with van der Waals surface area (Å²) in [6.07, 6.45) is 0.615. The number of ketones is 1. The van der Waals surface area contributed by atoms with Gasteiger partial charge in [-0.2, -0.15) is 0 Å². The molecule has 0 amide bonds. The summed E-state index contributed by atoms with van der Waals surface area (Å²) in [6.45, 7) is 3.87. The number of benzene rings is 1. The van der Waals surface area contributed by atoms with E-state index in [0.717, 1.165) is 11.3 Å². The van der Waals surface area contributed by atoms with Crippen molar-refractivity contribution in [2.75, 3.05) is 5.32 Å². The molecule has 0 bridgehead atoms. The first kappa shape index (κ1) is 15.1. The number of nitrogens with one attached hydrogen (secondary N) is 2. The lowest BCUT2D eigenvalue weighted by Crippen LogP contribution is -2.26. The van der Waals surface area contributed by atoms with Crippen LogP contribution in [0.15, 0.2) is 38.9 Å². The summed E-state index contributed by atoms with van der Waals surface area (Å²) >= 11 is 0. The molecule has 1 aliphatic heterocycles. The Morgan fingerprint density at radius 3 is 2.81 bits per heavy atom. The number of H-pyrrole nitrogens is 1. The molecule has 132 valence electrons. The van der Waals surface area contributed by atoms with Gasteiger partial charge in [-0.1, -0.05) is 19.9 Å². The number of aromatic nitrogens is 4. The molecule has 1 unspecified atom stereocenters. The van der Waals surface area contributed by atoms with Gasteiger partial charge in [0, 0.05) is 36.1 Å². The van der Waals surface area contributed by atoms with Crippen molar-refractivity contribution in [1.29, 1.82) is 0 Å². The van der Waals surface area contributed by atoms with Gasteiger partial charge in [-0.05, 0) is 28.0 Å². The first-order valence-electron chi connectivity index (χ1n) is 8.43. The minimum Gasteiger partial charge on any atom is -0.343 e. The van der Waals surface area contributed by atoms with Crippen LogP contribution in [0.25, 0.3) is 11.0 Å². The summed E-state index contributed by atoms with van der Waals surface area (Å²) in [7, 11) is 1.78. The monoisotopic (exact) mass is 351 g/mol. The highest BCUT2D eigenvalue weighted by molar-refractivity contribution is 6.06. The number of carbonyl (C=O) groups is 1. The molecule has 8 heteroatoms. The zero-order valence-electron chi connectivity index (χ0n) is 14.6. The van der Waals surface area contributed by atoms with E-state index in [9.17, 15) is 9.59 Å². The van der Waals surface area contributed by atoms with Gasteiger partial charge in [0.1, 0.15) is 16.9 Å². The maximum absolute atomic E-state index is 13.1. The summed E-state index contributed by atoms with van der Waals surface area (Å²) in [5.41, 5.74) is 3.45. The molecule has 2 aromatic heterocycles. The number of aryl methyl sites for hydroxylation is 1. The van der Waals surface area contributed by atoms with E-state index < -0.39 is 11.3 Å². The van der Waals surface area contributed by atoms with Crippen molar-refractivity contribution < 1.29 is 9.42 Å². The summed E-state index contributed by atoms with van der Waals surface area (Å²) in [6, 6.07) is 5.51.